The van der Waals surface area contributed by atoms with E-state index in [4.69, 9.17) is 16.3 Å². The average Bonchev–Trinajstić information content (AvgIpc) is 2.60. The maximum absolute atomic E-state index is 12.0. The number of halogens is 1. The minimum atomic E-state index is -0.0381. The maximum Gasteiger partial charge on any atom is 0.233 e. The molecule has 0 aliphatic heterocycles. The van der Waals surface area contributed by atoms with Gasteiger partial charge in [-0.3, -0.25) is 4.79 Å². The van der Waals surface area contributed by atoms with Crippen LogP contribution in [0.4, 0.5) is 0 Å². The molecule has 0 aliphatic rings. The fourth-order valence-electron chi connectivity index (χ4n) is 2.49. The topological polar surface area (TPSA) is 50.4 Å². The smallest absolute Gasteiger partial charge is 0.233 e. The van der Waals surface area contributed by atoms with E-state index in [-0.39, 0.29) is 18.5 Å². The van der Waals surface area contributed by atoms with Crippen molar-refractivity contribution in [3.63, 3.8) is 0 Å². The lowest BCUT2D eigenvalue weighted by Crippen LogP contribution is -2.36. The van der Waals surface area contributed by atoms with E-state index in [0.717, 1.165) is 23.3 Å². The Morgan fingerprint density at radius 3 is 2.62 bits per heavy atom. The van der Waals surface area contributed by atoms with Crippen LogP contribution in [0.5, 0.6) is 5.75 Å². The van der Waals surface area contributed by atoms with E-state index in [1.807, 2.05) is 55.5 Å². The van der Waals surface area contributed by atoms with Gasteiger partial charge in [-0.25, -0.2) is 0 Å². The van der Waals surface area contributed by atoms with Gasteiger partial charge in [0.05, 0.1) is 13.7 Å². The molecule has 0 aliphatic carbocycles. The van der Waals surface area contributed by atoms with Crippen LogP contribution >= 0.6 is 11.6 Å². The van der Waals surface area contributed by atoms with Crippen molar-refractivity contribution in [2.24, 2.45) is 0 Å². The Bertz CT molecular complexity index is 676. The van der Waals surface area contributed by atoms with Crippen LogP contribution in [0.25, 0.3) is 0 Å². The quantitative estimate of drug-likeness (QED) is 0.770. The molecule has 2 aromatic carbocycles. The number of amides is 1. The highest BCUT2D eigenvalue weighted by Crippen LogP contribution is 2.21. The van der Waals surface area contributed by atoms with Crippen molar-refractivity contribution < 1.29 is 9.53 Å². The van der Waals surface area contributed by atoms with E-state index in [2.05, 4.69) is 10.6 Å². The number of benzene rings is 2. The van der Waals surface area contributed by atoms with Crippen LogP contribution in [-0.4, -0.2) is 26.1 Å². The molecule has 4 nitrogen and oxygen atoms in total. The van der Waals surface area contributed by atoms with Gasteiger partial charge in [-0.05, 0) is 36.6 Å². The van der Waals surface area contributed by atoms with Gasteiger partial charge in [-0.1, -0.05) is 48.0 Å². The molecule has 2 rings (SSSR count). The molecule has 0 saturated heterocycles. The third-order valence-corrected chi connectivity index (χ3v) is 4.19. The summed E-state index contributed by atoms with van der Waals surface area (Å²) in [5.74, 6) is 0.806. The zero-order valence-electron chi connectivity index (χ0n) is 14.0. The van der Waals surface area contributed by atoms with Gasteiger partial charge in [0.25, 0.3) is 0 Å². The predicted octanol–water partition coefficient (Wildman–Crippen LogP) is 3.36. The molecule has 2 N–H and O–H groups in total. The van der Waals surface area contributed by atoms with Gasteiger partial charge in [-0.2, -0.15) is 0 Å². The summed E-state index contributed by atoms with van der Waals surface area (Å²) in [5.41, 5.74) is 2.07. The van der Waals surface area contributed by atoms with Crippen molar-refractivity contribution in [2.45, 2.75) is 19.4 Å². The standard InChI is InChI=1S/C19H23ClN2O2/c1-14(16-8-4-5-9-17(16)20)22-13-19(23)21-12-11-15-7-3-6-10-18(15)24-2/h3-10,14,22H,11-13H2,1-2H3,(H,21,23)/t14-/m1/s1. The first-order chi connectivity index (χ1) is 11.6. The molecule has 0 spiro atoms. The molecule has 5 heteroatoms. The second-order valence-corrected chi connectivity index (χ2v) is 5.94. The molecule has 128 valence electrons. The maximum atomic E-state index is 12.0. The van der Waals surface area contributed by atoms with Crippen LogP contribution in [-0.2, 0) is 11.2 Å². The van der Waals surface area contributed by atoms with Crippen LogP contribution in [0.1, 0.15) is 24.1 Å². The summed E-state index contributed by atoms with van der Waals surface area (Å²) in [4.78, 5) is 12.0. The van der Waals surface area contributed by atoms with Crippen LogP contribution < -0.4 is 15.4 Å². The Morgan fingerprint density at radius 1 is 1.17 bits per heavy atom. The lowest BCUT2D eigenvalue weighted by molar-refractivity contribution is -0.120. The van der Waals surface area contributed by atoms with Crippen molar-refractivity contribution in [1.29, 1.82) is 0 Å². The lowest BCUT2D eigenvalue weighted by Gasteiger charge is -2.15. The molecule has 0 unspecified atom stereocenters. The number of rotatable bonds is 8. The first-order valence-electron chi connectivity index (χ1n) is 7.98. The number of methoxy groups -OCH3 is 1. The third-order valence-electron chi connectivity index (χ3n) is 3.85. The summed E-state index contributed by atoms with van der Waals surface area (Å²) in [6.45, 7) is 2.81. The van der Waals surface area contributed by atoms with Crippen molar-refractivity contribution in [3.8, 4) is 5.75 Å². The van der Waals surface area contributed by atoms with Crippen molar-refractivity contribution in [3.05, 3.63) is 64.7 Å². The van der Waals surface area contributed by atoms with E-state index < -0.39 is 0 Å². The molecule has 0 saturated carbocycles. The molecule has 2 aromatic rings. The largest absolute Gasteiger partial charge is 0.496 e. The first-order valence-corrected chi connectivity index (χ1v) is 8.36. The molecule has 0 heterocycles. The van der Waals surface area contributed by atoms with Gasteiger partial charge < -0.3 is 15.4 Å². The molecule has 0 radical (unpaired) electrons. The number of para-hydroxylation sites is 1. The van der Waals surface area contributed by atoms with Crippen LogP contribution in [0.2, 0.25) is 5.02 Å². The molecule has 0 bridgehead atoms. The molecule has 1 atom stereocenters. The molecule has 24 heavy (non-hydrogen) atoms. The Kier molecular flexibility index (Phi) is 7.09. The number of carbonyl (C=O) groups excluding carboxylic acids is 1. The van der Waals surface area contributed by atoms with Crippen LogP contribution in [0.3, 0.4) is 0 Å². The Balaban J connectivity index is 1.75. The van der Waals surface area contributed by atoms with E-state index >= 15 is 0 Å². The van der Waals surface area contributed by atoms with E-state index in [9.17, 15) is 4.79 Å². The number of hydrogen-bond donors (Lipinski definition) is 2. The van der Waals surface area contributed by atoms with Gasteiger partial charge in [0, 0.05) is 17.6 Å². The Morgan fingerprint density at radius 2 is 1.88 bits per heavy atom. The highest BCUT2D eigenvalue weighted by atomic mass is 35.5. The predicted molar refractivity (Wildman–Crippen MR) is 97.6 cm³/mol. The number of carbonyl (C=O) groups is 1. The van der Waals surface area contributed by atoms with E-state index in [1.165, 1.54) is 0 Å². The van der Waals surface area contributed by atoms with Crippen molar-refractivity contribution >= 4 is 17.5 Å². The summed E-state index contributed by atoms with van der Waals surface area (Å²) in [5, 5.41) is 6.81. The second kappa shape index (κ2) is 9.30. The highest BCUT2D eigenvalue weighted by molar-refractivity contribution is 6.31. The zero-order chi connectivity index (χ0) is 17.4. The van der Waals surface area contributed by atoms with Crippen molar-refractivity contribution in [2.75, 3.05) is 20.2 Å². The van der Waals surface area contributed by atoms with Gasteiger partial charge in [0.2, 0.25) is 5.91 Å². The minimum absolute atomic E-state index is 0.0127. The van der Waals surface area contributed by atoms with Gasteiger partial charge in [-0.15, -0.1) is 0 Å². The van der Waals surface area contributed by atoms with E-state index in [1.54, 1.807) is 7.11 Å². The SMILES string of the molecule is COc1ccccc1CCNC(=O)CN[C@H](C)c1ccccc1Cl. The zero-order valence-corrected chi connectivity index (χ0v) is 14.8. The van der Waals surface area contributed by atoms with Crippen LogP contribution in [0.15, 0.2) is 48.5 Å². The first kappa shape index (κ1) is 18.3. The third kappa shape index (κ3) is 5.25. The fraction of sp³-hybridized carbons (Fsp3) is 0.316. The minimum Gasteiger partial charge on any atom is -0.496 e. The summed E-state index contributed by atoms with van der Waals surface area (Å²) in [6.07, 6.45) is 0.732. The summed E-state index contributed by atoms with van der Waals surface area (Å²) < 4.78 is 5.30. The molecular weight excluding hydrogens is 324 g/mol. The monoisotopic (exact) mass is 346 g/mol. The van der Waals surface area contributed by atoms with Crippen molar-refractivity contribution in [1.82, 2.24) is 10.6 Å². The highest BCUT2D eigenvalue weighted by Gasteiger charge is 2.10. The van der Waals surface area contributed by atoms with Crippen LogP contribution in [0, 0.1) is 0 Å². The normalized spacial score (nSPS) is 11.8. The Labute approximate surface area is 148 Å². The molecular formula is C19H23ClN2O2. The fourth-order valence-corrected chi connectivity index (χ4v) is 2.79. The molecule has 0 fully saturated rings. The second-order valence-electron chi connectivity index (χ2n) is 5.54. The van der Waals surface area contributed by atoms with Gasteiger partial charge >= 0.3 is 0 Å². The average molecular weight is 347 g/mol. The molecule has 1 amide bonds. The Hall–Kier alpha value is -2.04. The number of hydrogen-bond acceptors (Lipinski definition) is 3. The summed E-state index contributed by atoms with van der Waals surface area (Å²) in [7, 11) is 1.65. The lowest BCUT2D eigenvalue weighted by atomic mass is 10.1. The van der Waals surface area contributed by atoms with E-state index in [0.29, 0.717) is 11.6 Å². The van der Waals surface area contributed by atoms with Gasteiger partial charge in [0.1, 0.15) is 5.75 Å². The van der Waals surface area contributed by atoms with Gasteiger partial charge in [0.15, 0.2) is 0 Å². The summed E-state index contributed by atoms with van der Waals surface area (Å²) >= 11 is 6.16. The summed E-state index contributed by atoms with van der Waals surface area (Å²) in [6, 6.07) is 15.5. The molecule has 0 aromatic heterocycles. The number of nitrogens with one attached hydrogen (secondary N) is 2. The number of ether oxygens (including phenoxy) is 1.